The number of rotatable bonds is 2. The summed E-state index contributed by atoms with van der Waals surface area (Å²) in [5.74, 6) is 0.188. The predicted molar refractivity (Wildman–Crippen MR) is 93.6 cm³/mol. The van der Waals surface area contributed by atoms with Crippen LogP contribution in [-0.2, 0) is 0 Å². The van der Waals surface area contributed by atoms with E-state index in [1.54, 1.807) is 30.3 Å². The standard InChI is InChI=1S/C18H10N4O3S/c19-8-11-15(13-4-2-6-25-13)12(9-20)18-22(16(11)21)17(23)14(26-18)7-10-3-1-5-24-10/h1-7,15H,21H2/b14-7+. The maximum Gasteiger partial charge on any atom is 0.274 e. The Kier molecular flexibility index (Phi) is 3.61. The second kappa shape index (κ2) is 5.96. The molecular formula is C18H10N4O3S. The minimum absolute atomic E-state index is 0.00300. The van der Waals surface area contributed by atoms with E-state index in [-0.39, 0.29) is 17.0 Å². The third-order valence-corrected chi connectivity index (χ3v) is 5.14. The third kappa shape index (κ3) is 2.21. The molecule has 8 heteroatoms. The zero-order valence-electron chi connectivity index (χ0n) is 13.2. The van der Waals surface area contributed by atoms with Crippen molar-refractivity contribution in [2.75, 3.05) is 0 Å². The maximum atomic E-state index is 12.8. The van der Waals surface area contributed by atoms with E-state index >= 15 is 0 Å². The molecular weight excluding hydrogens is 352 g/mol. The first-order valence-electron chi connectivity index (χ1n) is 7.50. The summed E-state index contributed by atoms with van der Waals surface area (Å²) in [4.78, 5) is 12.8. The molecule has 4 heterocycles. The lowest BCUT2D eigenvalue weighted by Crippen LogP contribution is -2.38. The smallest absolute Gasteiger partial charge is 0.274 e. The van der Waals surface area contributed by atoms with Crippen molar-refractivity contribution in [3.8, 4) is 12.1 Å². The highest BCUT2D eigenvalue weighted by atomic mass is 32.1. The van der Waals surface area contributed by atoms with Gasteiger partial charge in [-0.3, -0.25) is 9.36 Å². The molecule has 126 valence electrons. The van der Waals surface area contributed by atoms with Crippen LogP contribution in [0.4, 0.5) is 0 Å². The molecule has 1 unspecified atom stereocenters. The largest absolute Gasteiger partial charge is 0.468 e. The number of hydrogen-bond donors (Lipinski definition) is 1. The molecule has 2 N–H and O–H groups in total. The SMILES string of the molecule is N#CC1=C(N)n2c(s/c(=C/c3ccco3)c2=O)=C(C#N)C1c1ccco1. The van der Waals surface area contributed by atoms with Gasteiger partial charge in [0.2, 0.25) is 0 Å². The fourth-order valence-corrected chi connectivity index (χ4v) is 4.00. The first-order valence-corrected chi connectivity index (χ1v) is 8.32. The monoisotopic (exact) mass is 362 g/mol. The summed E-state index contributed by atoms with van der Waals surface area (Å²) in [6.45, 7) is 0. The molecule has 1 aliphatic heterocycles. The number of thiazole rings is 1. The van der Waals surface area contributed by atoms with Gasteiger partial charge in [-0.2, -0.15) is 10.5 Å². The van der Waals surface area contributed by atoms with Gasteiger partial charge in [0.1, 0.15) is 22.0 Å². The molecule has 3 aromatic heterocycles. The lowest BCUT2D eigenvalue weighted by atomic mass is 9.88. The summed E-state index contributed by atoms with van der Waals surface area (Å²) in [6, 6.07) is 10.9. The van der Waals surface area contributed by atoms with Crippen molar-refractivity contribution in [1.82, 2.24) is 4.57 Å². The summed E-state index contributed by atoms with van der Waals surface area (Å²) >= 11 is 1.12. The molecule has 4 rings (SSSR count). The van der Waals surface area contributed by atoms with Crippen molar-refractivity contribution in [3.05, 3.63) is 73.4 Å². The fraction of sp³-hybridized carbons (Fsp3) is 0.0556. The summed E-state index contributed by atoms with van der Waals surface area (Å²) in [6.07, 6.45) is 4.54. The van der Waals surface area contributed by atoms with E-state index in [9.17, 15) is 15.3 Å². The minimum atomic E-state index is -0.741. The van der Waals surface area contributed by atoms with Gasteiger partial charge in [-0.15, -0.1) is 11.3 Å². The Morgan fingerprint density at radius 1 is 1.15 bits per heavy atom. The zero-order valence-corrected chi connectivity index (χ0v) is 14.0. The molecule has 1 aliphatic rings. The molecule has 0 fully saturated rings. The lowest BCUT2D eigenvalue weighted by Gasteiger charge is -2.19. The van der Waals surface area contributed by atoms with Crippen LogP contribution < -0.4 is 20.5 Å². The molecule has 0 saturated carbocycles. The van der Waals surface area contributed by atoms with Crippen molar-refractivity contribution in [2.24, 2.45) is 5.73 Å². The van der Waals surface area contributed by atoms with Crippen LogP contribution in [0, 0.1) is 22.7 Å². The van der Waals surface area contributed by atoms with Gasteiger partial charge in [0.05, 0.1) is 46.3 Å². The average molecular weight is 362 g/mol. The topological polar surface area (TPSA) is 122 Å². The second-order valence-electron chi connectivity index (χ2n) is 5.46. The molecule has 0 radical (unpaired) electrons. The van der Waals surface area contributed by atoms with Crippen molar-refractivity contribution in [3.63, 3.8) is 0 Å². The average Bonchev–Trinajstić information content (AvgIpc) is 3.38. The van der Waals surface area contributed by atoms with Crippen LogP contribution >= 0.6 is 11.3 Å². The number of fused-ring (bicyclic) bond motifs is 1. The number of nitrogens with two attached hydrogens (primary N) is 1. The zero-order chi connectivity index (χ0) is 18.3. The lowest BCUT2D eigenvalue weighted by molar-refractivity contribution is 0.508. The molecule has 0 aliphatic carbocycles. The first-order chi connectivity index (χ1) is 12.7. The minimum Gasteiger partial charge on any atom is -0.468 e. The van der Waals surface area contributed by atoms with Gasteiger partial charge in [0.15, 0.2) is 0 Å². The third-order valence-electron chi connectivity index (χ3n) is 4.03. The number of aromatic nitrogens is 1. The summed E-state index contributed by atoms with van der Waals surface area (Å²) in [7, 11) is 0. The Labute approximate surface area is 150 Å². The molecule has 0 spiro atoms. The fourth-order valence-electron chi connectivity index (χ4n) is 2.89. The van der Waals surface area contributed by atoms with Crippen molar-refractivity contribution >= 4 is 28.8 Å². The number of hydrogen-bond acceptors (Lipinski definition) is 7. The molecule has 0 amide bonds. The summed E-state index contributed by atoms with van der Waals surface area (Å²) < 4.78 is 12.6. The Balaban J connectivity index is 2.11. The number of nitrogens with zero attached hydrogens (tertiary/aromatic N) is 3. The van der Waals surface area contributed by atoms with Gasteiger partial charge >= 0.3 is 0 Å². The van der Waals surface area contributed by atoms with E-state index in [1.165, 1.54) is 17.1 Å². The van der Waals surface area contributed by atoms with Gasteiger partial charge in [0.25, 0.3) is 5.56 Å². The normalized spacial score (nSPS) is 17.1. The van der Waals surface area contributed by atoms with E-state index in [0.717, 1.165) is 11.3 Å². The second-order valence-corrected chi connectivity index (χ2v) is 6.49. The van der Waals surface area contributed by atoms with Crippen LogP contribution in [0.25, 0.3) is 17.5 Å². The molecule has 1 atom stereocenters. The van der Waals surface area contributed by atoms with Crippen molar-refractivity contribution in [1.29, 1.82) is 10.5 Å². The molecule has 7 nitrogen and oxygen atoms in total. The van der Waals surface area contributed by atoms with Crippen LogP contribution in [-0.4, -0.2) is 4.57 Å². The van der Waals surface area contributed by atoms with Crippen LogP contribution in [0.1, 0.15) is 17.4 Å². The van der Waals surface area contributed by atoms with Crippen LogP contribution in [0.15, 0.2) is 56.0 Å². The van der Waals surface area contributed by atoms with E-state index in [0.29, 0.717) is 20.7 Å². The highest BCUT2D eigenvalue weighted by Crippen LogP contribution is 2.35. The quantitative estimate of drug-likeness (QED) is 0.727. The van der Waals surface area contributed by atoms with E-state index in [2.05, 4.69) is 6.07 Å². The molecule has 0 bridgehead atoms. The number of allylic oxidation sites excluding steroid dienone is 1. The molecule has 26 heavy (non-hydrogen) atoms. The maximum absolute atomic E-state index is 12.8. The van der Waals surface area contributed by atoms with Crippen molar-refractivity contribution in [2.45, 2.75) is 5.92 Å². The highest BCUT2D eigenvalue weighted by Gasteiger charge is 2.33. The van der Waals surface area contributed by atoms with Gasteiger partial charge < -0.3 is 14.6 Å². The summed E-state index contributed by atoms with van der Waals surface area (Å²) in [5, 5.41) is 19.3. The van der Waals surface area contributed by atoms with Gasteiger partial charge in [0, 0.05) is 6.08 Å². The summed E-state index contributed by atoms with van der Waals surface area (Å²) in [5.41, 5.74) is 6.07. The van der Waals surface area contributed by atoms with Gasteiger partial charge in [-0.25, -0.2) is 0 Å². The van der Waals surface area contributed by atoms with Gasteiger partial charge in [-0.05, 0) is 24.3 Å². The molecule has 0 aromatic carbocycles. The van der Waals surface area contributed by atoms with Crippen LogP contribution in [0.2, 0.25) is 0 Å². The molecule has 3 aromatic rings. The molecule has 0 saturated heterocycles. The highest BCUT2D eigenvalue weighted by molar-refractivity contribution is 7.07. The number of nitriles is 2. The Bertz CT molecular complexity index is 1280. The van der Waals surface area contributed by atoms with Crippen molar-refractivity contribution < 1.29 is 8.83 Å². The first kappa shape index (κ1) is 15.8. The van der Waals surface area contributed by atoms with E-state index < -0.39 is 11.5 Å². The van der Waals surface area contributed by atoms with Crippen LogP contribution in [0.5, 0.6) is 0 Å². The van der Waals surface area contributed by atoms with Gasteiger partial charge in [-0.1, -0.05) is 0 Å². The predicted octanol–water partition coefficient (Wildman–Crippen LogP) is 1.05. The Morgan fingerprint density at radius 2 is 1.88 bits per heavy atom. The Morgan fingerprint density at radius 3 is 2.50 bits per heavy atom. The number of furan rings is 2. The Hall–Kier alpha value is -3.75. The van der Waals surface area contributed by atoms with Crippen LogP contribution in [0.3, 0.4) is 0 Å². The van der Waals surface area contributed by atoms with E-state index in [1.807, 2.05) is 6.07 Å². The van der Waals surface area contributed by atoms with E-state index in [4.69, 9.17) is 14.6 Å².